The number of hydrogen-bond acceptors (Lipinski definition) is 15. The maximum Gasteiger partial charge on any atom is 0.269 e. The van der Waals surface area contributed by atoms with Crippen molar-refractivity contribution in [3.05, 3.63) is 209 Å². The topological polar surface area (TPSA) is 307 Å². The second-order valence-corrected chi connectivity index (χ2v) is 17.9. The summed E-state index contributed by atoms with van der Waals surface area (Å²) in [7, 11) is 0. The second-order valence-electron chi connectivity index (χ2n) is 14.5. The van der Waals surface area contributed by atoms with Crippen LogP contribution in [0.5, 0.6) is 17.2 Å². The minimum Gasteiger partial charge on any atom is -0.489 e. The molecule has 360 valence electrons. The SMILES string of the molecule is N=C(N)SCCc1ccc(OCc2ccc([N+](=O)[O-])cc2)cc1.N=C(N)SCCc1ccc(OCc2ccc([N+](=O)[O-])cc2)cc1.N=C(N)SCCc1ccc(OCc2ccc([N+](=O)[O-])cc2)cc1. The summed E-state index contributed by atoms with van der Waals surface area (Å²) >= 11 is 3.97. The van der Waals surface area contributed by atoms with E-state index < -0.39 is 14.8 Å². The minimum atomic E-state index is -0.423. The molecule has 6 aromatic carbocycles. The van der Waals surface area contributed by atoms with Gasteiger partial charge in [0.25, 0.3) is 17.1 Å². The lowest BCUT2D eigenvalue weighted by Crippen LogP contribution is -2.05. The van der Waals surface area contributed by atoms with E-state index in [9.17, 15) is 30.3 Å². The Morgan fingerprint density at radius 2 is 0.580 bits per heavy atom. The molecule has 0 atom stereocenters. The number of amidine groups is 3. The summed E-state index contributed by atoms with van der Waals surface area (Å²) in [4.78, 5) is 30.5. The van der Waals surface area contributed by atoms with Gasteiger partial charge in [-0.05, 0) is 125 Å². The molecule has 0 radical (unpaired) electrons. The molecule has 0 amide bonds. The first-order valence-corrected chi connectivity index (χ1v) is 23.8. The highest BCUT2D eigenvalue weighted by Crippen LogP contribution is 2.21. The zero-order valence-electron chi connectivity index (χ0n) is 37.2. The third kappa shape index (κ3) is 21.7. The van der Waals surface area contributed by atoms with Crippen molar-refractivity contribution in [3.8, 4) is 17.2 Å². The van der Waals surface area contributed by atoms with Gasteiger partial charge >= 0.3 is 0 Å². The molecular formula is C48H51N9O9S3. The number of rotatable bonds is 21. The van der Waals surface area contributed by atoms with Crippen molar-refractivity contribution in [2.45, 2.75) is 39.1 Å². The van der Waals surface area contributed by atoms with E-state index in [-0.39, 0.29) is 32.6 Å². The molecule has 0 aliphatic carbocycles. The maximum atomic E-state index is 10.6. The Kier molecular flexibility index (Phi) is 22.9. The number of benzene rings is 6. The van der Waals surface area contributed by atoms with Crippen molar-refractivity contribution in [3.63, 3.8) is 0 Å². The van der Waals surface area contributed by atoms with Crippen LogP contribution in [0.4, 0.5) is 17.1 Å². The first-order chi connectivity index (χ1) is 33.1. The zero-order chi connectivity index (χ0) is 50.0. The fourth-order valence-corrected chi connectivity index (χ4v) is 7.41. The van der Waals surface area contributed by atoms with Gasteiger partial charge in [-0.3, -0.25) is 46.6 Å². The summed E-state index contributed by atoms with van der Waals surface area (Å²) in [5.41, 5.74) is 22.2. The first-order valence-electron chi connectivity index (χ1n) is 20.9. The van der Waals surface area contributed by atoms with Gasteiger partial charge in [0, 0.05) is 53.7 Å². The Morgan fingerprint density at radius 1 is 0.377 bits per heavy atom. The van der Waals surface area contributed by atoms with E-state index in [1.165, 1.54) is 71.7 Å². The number of nitrogens with one attached hydrogen (secondary N) is 3. The van der Waals surface area contributed by atoms with Crippen molar-refractivity contribution >= 4 is 67.9 Å². The Labute approximate surface area is 411 Å². The average molecular weight is 994 g/mol. The van der Waals surface area contributed by atoms with Crippen LogP contribution < -0.4 is 31.4 Å². The van der Waals surface area contributed by atoms with Crippen LogP contribution in [0.1, 0.15) is 33.4 Å². The number of non-ortho nitro benzene ring substituents is 3. The van der Waals surface area contributed by atoms with Gasteiger partial charge in [0.15, 0.2) is 15.5 Å². The lowest BCUT2D eigenvalue weighted by molar-refractivity contribution is -0.385. The van der Waals surface area contributed by atoms with Crippen LogP contribution in [-0.4, -0.2) is 47.5 Å². The smallest absolute Gasteiger partial charge is 0.269 e. The molecule has 21 heteroatoms. The quantitative estimate of drug-likeness (QED) is 0.0169. The van der Waals surface area contributed by atoms with Crippen LogP contribution in [0.25, 0.3) is 0 Å². The number of ether oxygens (including phenoxy) is 3. The van der Waals surface area contributed by atoms with E-state index in [0.29, 0.717) is 19.8 Å². The van der Waals surface area contributed by atoms with Gasteiger partial charge in [0.2, 0.25) is 0 Å². The van der Waals surface area contributed by atoms with Crippen molar-refractivity contribution in [2.75, 3.05) is 17.3 Å². The molecular weight excluding hydrogens is 943 g/mol. The first kappa shape index (κ1) is 54.0. The number of nitro benzene ring substituents is 3. The van der Waals surface area contributed by atoms with Crippen molar-refractivity contribution in [1.29, 1.82) is 16.2 Å². The van der Waals surface area contributed by atoms with Crippen LogP contribution in [0.2, 0.25) is 0 Å². The molecule has 0 spiro atoms. The Morgan fingerprint density at radius 3 is 0.768 bits per heavy atom. The van der Waals surface area contributed by atoms with Gasteiger partial charge in [0.05, 0.1) is 14.8 Å². The highest BCUT2D eigenvalue weighted by molar-refractivity contribution is 8.14. The van der Waals surface area contributed by atoms with Crippen molar-refractivity contribution in [2.24, 2.45) is 17.2 Å². The Balaban J connectivity index is 0.000000225. The van der Waals surface area contributed by atoms with E-state index in [4.69, 9.17) is 47.6 Å². The summed E-state index contributed by atoms with van der Waals surface area (Å²) in [6.07, 6.45) is 2.52. The number of aryl methyl sites for hydroxylation is 3. The van der Waals surface area contributed by atoms with E-state index in [1.54, 1.807) is 36.4 Å². The number of thioether (sulfide) groups is 3. The molecule has 0 saturated carbocycles. The van der Waals surface area contributed by atoms with E-state index in [1.807, 2.05) is 72.8 Å². The van der Waals surface area contributed by atoms with Crippen LogP contribution in [0.3, 0.4) is 0 Å². The average Bonchev–Trinajstić information content (AvgIpc) is 3.33. The van der Waals surface area contributed by atoms with Gasteiger partial charge in [-0.15, -0.1) is 0 Å². The predicted molar refractivity (Wildman–Crippen MR) is 276 cm³/mol. The van der Waals surface area contributed by atoms with Gasteiger partial charge in [-0.25, -0.2) is 0 Å². The van der Waals surface area contributed by atoms with Crippen LogP contribution >= 0.6 is 35.3 Å². The molecule has 0 aromatic heterocycles. The van der Waals surface area contributed by atoms with Crippen molar-refractivity contribution in [1.82, 2.24) is 0 Å². The summed E-state index contributed by atoms with van der Waals surface area (Å²) < 4.78 is 17.0. The number of nitrogens with two attached hydrogens (primary N) is 3. The molecule has 0 aliphatic heterocycles. The van der Waals surface area contributed by atoms with Gasteiger partial charge < -0.3 is 31.4 Å². The van der Waals surface area contributed by atoms with Crippen LogP contribution in [0, 0.1) is 46.6 Å². The number of nitrogens with zero attached hydrogens (tertiary/aromatic N) is 3. The van der Waals surface area contributed by atoms with Crippen LogP contribution in [-0.2, 0) is 39.1 Å². The summed E-state index contributed by atoms with van der Waals surface area (Å²) in [5, 5.41) is 53.6. The maximum absolute atomic E-state index is 10.6. The van der Waals surface area contributed by atoms with E-state index in [0.717, 1.165) is 87.2 Å². The molecule has 0 unspecified atom stereocenters. The minimum absolute atomic E-state index is 0.0709. The highest BCUT2D eigenvalue weighted by atomic mass is 32.2. The monoisotopic (exact) mass is 993 g/mol. The third-order valence-corrected chi connectivity index (χ3v) is 11.5. The highest BCUT2D eigenvalue weighted by Gasteiger charge is 2.08. The molecule has 69 heavy (non-hydrogen) atoms. The predicted octanol–water partition coefficient (Wildman–Crippen LogP) is 10.0. The molecule has 0 fully saturated rings. The molecule has 0 bridgehead atoms. The lowest BCUT2D eigenvalue weighted by atomic mass is 10.2. The van der Waals surface area contributed by atoms with E-state index >= 15 is 0 Å². The third-order valence-electron chi connectivity index (χ3n) is 9.37. The standard InChI is InChI=1S/3C16H17N3O3S/c3*17-16(18)23-10-9-12-3-7-15(8-4-12)22-11-13-1-5-14(6-2-13)19(20)21/h3*1-8H,9-11H2,(H3,17,18). The van der Waals surface area contributed by atoms with Gasteiger partial charge in [-0.2, -0.15) is 0 Å². The summed E-state index contributed by atoms with van der Waals surface area (Å²) in [6, 6.07) is 42.1. The van der Waals surface area contributed by atoms with Crippen molar-refractivity contribution < 1.29 is 29.0 Å². The number of hydrogen-bond donors (Lipinski definition) is 6. The second kappa shape index (κ2) is 29.2. The lowest BCUT2D eigenvalue weighted by Gasteiger charge is -2.07. The molecule has 9 N–H and O–H groups in total. The van der Waals surface area contributed by atoms with E-state index in [2.05, 4.69) is 0 Å². The molecule has 0 aliphatic rings. The molecule has 0 heterocycles. The fourth-order valence-electron chi connectivity index (χ4n) is 5.74. The number of nitro groups is 3. The Bertz CT molecular complexity index is 2300. The summed E-state index contributed by atoms with van der Waals surface area (Å²) in [6.45, 7) is 1.08. The summed E-state index contributed by atoms with van der Waals surface area (Å²) in [5.74, 6) is 4.55. The van der Waals surface area contributed by atoms with Crippen LogP contribution in [0.15, 0.2) is 146 Å². The molecule has 0 saturated heterocycles. The normalized spacial score (nSPS) is 10.3. The largest absolute Gasteiger partial charge is 0.489 e. The molecule has 18 nitrogen and oxygen atoms in total. The molecule has 6 rings (SSSR count). The zero-order valence-corrected chi connectivity index (χ0v) is 39.6. The van der Waals surface area contributed by atoms with Gasteiger partial charge in [-0.1, -0.05) is 71.7 Å². The fraction of sp³-hybridized carbons (Fsp3) is 0.188. The molecule has 6 aromatic rings. The Hall–Kier alpha value is -7.62. The van der Waals surface area contributed by atoms with Gasteiger partial charge in [0.1, 0.15) is 37.1 Å².